The van der Waals surface area contributed by atoms with Crippen molar-refractivity contribution in [3.05, 3.63) is 145 Å². The van der Waals surface area contributed by atoms with E-state index < -0.39 is 16.2 Å². The van der Waals surface area contributed by atoms with Crippen LogP contribution in [0.1, 0.15) is 61.3 Å². The van der Waals surface area contributed by atoms with E-state index in [4.69, 9.17) is 23.1 Å². The van der Waals surface area contributed by atoms with E-state index in [1.54, 1.807) is 51.4 Å². The second kappa shape index (κ2) is 23.0. The number of rotatable bonds is 17. The fourth-order valence-electron chi connectivity index (χ4n) is 5.39. The fraction of sp³-hybridized carbons (Fsp3) is 0.317. The average Bonchev–Trinajstić information content (AvgIpc) is 3.98. The first-order chi connectivity index (χ1) is 26.7. The zero-order valence-corrected chi connectivity index (χ0v) is 32.8. The monoisotopic (exact) mass is 770 g/mol. The predicted molar refractivity (Wildman–Crippen MR) is 211 cm³/mol. The number of hydrogen-bond acceptors (Lipinski definition) is 11. The van der Waals surface area contributed by atoms with Crippen molar-refractivity contribution in [3.8, 4) is 22.3 Å². The Morgan fingerprint density at radius 1 is 0.691 bits per heavy atom. The molecule has 2 aromatic carbocycles. The third kappa shape index (κ3) is 14.6. The molecule has 0 fully saturated rings. The van der Waals surface area contributed by atoms with Gasteiger partial charge in [0.2, 0.25) is 0 Å². The first kappa shape index (κ1) is 42.6. The number of aromatic amines is 1. The summed E-state index contributed by atoms with van der Waals surface area (Å²) in [5.74, 6) is 0. The van der Waals surface area contributed by atoms with Crippen molar-refractivity contribution in [3.63, 3.8) is 0 Å². The third-order valence-electron chi connectivity index (χ3n) is 8.10. The zero-order chi connectivity index (χ0) is 39.3. The molecule has 2 atom stereocenters. The van der Waals surface area contributed by atoms with Crippen LogP contribution in [0.25, 0.3) is 22.3 Å². The van der Waals surface area contributed by atoms with Crippen LogP contribution in [0.15, 0.2) is 123 Å². The number of ether oxygens (including phenoxy) is 4. The largest absolute Gasteiger partial charge is 0.359 e. The van der Waals surface area contributed by atoms with Gasteiger partial charge >= 0.3 is 0 Å². The number of nitrogens with one attached hydrogen (secondary N) is 1. The Kier molecular flexibility index (Phi) is 17.8. The molecule has 0 aliphatic heterocycles. The smallest absolute Gasteiger partial charge is 0.265 e. The molecule has 4 aromatic heterocycles. The molecule has 0 amide bonds. The van der Waals surface area contributed by atoms with Gasteiger partial charge in [0.1, 0.15) is 19.7 Å². The molecule has 292 valence electrons. The summed E-state index contributed by atoms with van der Waals surface area (Å²) in [7, 11) is -0.313. The van der Waals surface area contributed by atoms with Gasteiger partial charge in [0, 0.05) is 62.5 Å². The molecule has 1 N–H and O–H groups in total. The molecule has 4 heterocycles. The first-order valence-electron chi connectivity index (χ1n) is 17.8. The lowest BCUT2D eigenvalue weighted by Gasteiger charge is -2.16. The van der Waals surface area contributed by atoms with Gasteiger partial charge in [-0.2, -0.15) is 8.42 Å². The van der Waals surface area contributed by atoms with Crippen LogP contribution in [-0.4, -0.2) is 72.0 Å². The van der Waals surface area contributed by atoms with E-state index in [1.165, 1.54) is 0 Å². The molecule has 13 nitrogen and oxygen atoms in total. The van der Waals surface area contributed by atoms with Gasteiger partial charge in [-0.15, -0.1) is 0 Å². The molecule has 0 bridgehead atoms. The van der Waals surface area contributed by atoms with Gasteiger partial charge in [-0.3, -0.25) is 14.2 Å². The van der Waals surface area contributed by atoms with Crippen molar-refractivity contribution in [2.45, 2.75) is 52.0 Å². The zero-order valence-electron chi connectivity index (χ0n) is 31.9. The average molecular weight is 771 g/mol. The van der Waals surface area contributed by atoms with Crippen LogP contribution in [0.4, 0.5) is 0 Å². The third-order valence-corrected chi connectivity index (χ3v) is 8.68. The number of nitrogens with zero attached hydrogens (tertiary/aromatic N) is 5. The summed E-state index contributed by atoms with van der Waals surface area (Å²) in [5, 5.41) is 0. The normalized spacial score (nSPS) is 12.2. The lowest BCUT2D eigenvalue weighted by Crippen LogP contribution is -2.11. The molecular formula is C41H50N6O7S. The highest BCUT2D eigenvalue weighted by Crippen LogP contribution is 2.26. The topological polar surface area (TPSA) is 153 Å². The summed E-state index contributed by atoms with van der Waals surface area (Å²) in [6, 6.07) is 24.4. The van der Waals surface area contributed by atoms with Gasteiger partial charge in [-0.25, -0.2) is 9.97 Å². The van der Waals surface area contributed by atoms with Gasteiger partial charge in [0.05, 0.1) is 49.6 Å². The van der Waals surface area contributed by atoms with Crippen LogP contribution in [0, 0.1) is 0 Å². The summed E-state index contributed by atoms with van der Waals surface area (Å²) >= 11 is 0. The van der Waals surface area contributed by atoms with Crippen molar-refractivity contribution in [1.82, 2.24) is 29.5 Å². The SMILES string of the molecule is CCC(OS(C)(=O)=O)c1ccc(-c2ccc(COCOC)cc2)cn1.CCC(c1ccc(-c2ccc(COCOC)cc2)cn1)n1ccnc1.c1c[nH]cn1. The minimum Gasteiger partial charge on any atom is -0.359 e. The number of H-pyrrole nitrogens is 1. The highest BCUT2D eigenvalue weighted by molar-refractivity contribution is 7.86. The first-order valence-corrected chi connectivity index (χ1v) is 19.6. The van der Waals surface area contributed by atoms with E-state index in [9.17, 15) is 8.42 Å². The van der Waals surface area contributed by atoms with E-state index in [1.807, 2.05) is 56.0 Å². The molecule has 0 spiro atoms. The number of methoxy groups -OCH3 is 2. The molecule has 6 rings (SSSR count). The summed E-state index contributed by atoms with van der Waals surface area (Å²) in [5.41, 5.74) is 8.04. The number of pyridine rings is 2. The number of aromatic nitrogens is 6. The van der Waals surface area contributed by atoms with Gasteiger partial charge in [0.15, 0.2) is 0 Å². The Labute approximate surface area is 323 Å². The molecular weight excluding hydrogens is 721 g/mol. The van der Waals surface area contributed by atoms with Crippen LogP contribution in [0.5, 0.6) is 0 Å². The van der Waals surface area contributed by atoms with E-state index >= 15 is 0 Å². The van der Waals surface area contributed by atoms with E-state index in [2.05, 4.69) is 72.8 Å². The van der Waals surface area contributed by atoms with Gasteiger partial charge in [0.25, 0.3) is 10.1 Å². The Bertz CT molecular complexity index is 1980. The van der Waals surface area contributed by atoms with Crippen LogP contribution >= 0.6 is 0 Å². The molecule has 0 saturated carbocycles. The molecule has 14 heteroatoms. The maximum Gasteiger partial charge on any atom is 0.265 e. The van der Waals surface area contributed by atoms with Gasteiger partial charge in [-0.05, 0) is 47.2 Å². The van der Waals surface area contributed by atoms with Gasteiger partial charge < -0.3 is 28.5 Å². The molecule has 0 aliphatic carbocycles. The second-order valence-corrected chi connectivity index (χ2v) is 13.8. The van der Waals surface area contributed by atoms with Crippen molar-refractivity contribution in [2.75, 3.05) is 34.1 Å². The highest BCUT2D eigenvalue weighted by atomic mass is 32.2. The van der Waals surface area contributed by atoms with Crippen molar-refractivity contribution < 1.29 is 31.5 Å². The second-order valence-electron chi connectivity index (χ2n) is 12.2. The lowest BCUT2D eigenvalue weighted by atomic mass is 10.0. The van der Waals surface area contributed by atoms with E-state index in [0.717, 1.165) is 51.8 Å². The summed E-state index contributed by atoms with van der Waals surface area (Å²) in [6.07, 6.45) is 16.3. The van der Waals surface area contributed by atoms with Crippen LogP contribution in [0.3, 0.4) is 0 Å². The standard InChI is InChI=1S/C20H23N3O2.C18H23NO5S.C3H4N2/c1-3-20(23-11-10-21-14-23)19-9-8-18(12-22-19)17-6-4-16(5-7-17)13-25-15-24-2;1-4-18(24-25(3,20)21)17-10-9-16(11-19-17)15-7-5-14(6-8-15)12-23-13-22-2;1-2-5-3-4-1/h4-12,14,20H,3,13,15H2,1-2H3;5-11,18H,4,12-13H2,1-3H3;1-3H,(H,4,5). The number of benzene rings is 2. The maximum absolute atomic E-state index is 11.3. The predicted octanol–water partition coefficient (Wildman–Crippen LogP) is 7.77. The van der Waals surface area contributed by atoms with Crippen molar-refractivity contribution >= 4 is 10.1 Å². The molecule has 0 radical (unpaired) electrons. The molecule has 2 unspecified atom stereocenters. The fourth-order valence-corrected chi connectivity index (χ4v) is 6.05. The van der Waals surface area contributed by atoms with Crippen LogP contribution in [-0.2, 0) is 46.5 Å². The maximum atomic E-state index is 11.3. The van der Waals surface area contributed by atoms with Crippen LogP contribution < -0.4 is 0 Å². The Morgan fingerprint density at radius 3 is 1.60 bits per heavy atom. The summed E-state index contributed by atoms with van der Waals surface area (Å²) in [4.78, 5) is 19.6. The number of imidazole rings is 2. The van der Waals surface area contributed by atoms with Crippen molar-refractivity contribution in [2.24, 2.45) is 0 Å². The van der Waals surface area contributed by atoms with E-state index in [0.29, 0.717) is 32.1 Å². The quantitative estimate of drug-likeness (QED) is 0.0550. The Hall–Kier alpha value is -5.09. The van der Waals surface area contributed by atoms with E-state index in [-0.39, 0.29) is 12.8 Å². The molecule has 55 heavy (non-hydrogen) atoms. The molecule has 0 aliphatic rings. The number of hydrogen-bond donors (Lipinski definition) is 1. The Morgan fingerprint density at radius 2 is 1.24 bits per heavy atom. The molecule has 6 aromatic rings. The summed E-state index contributed by atoms with van der Waals surface area (Å²) < 4.78 is 50.2. The van der Waals surface area contributed by atoms with Crippen molar-refractivity contribution in [1.29, 1.82) is 0 Å². The summed E-state index contributed by atoms with van der Waals surface area (Å²) in [6.45, 7) is 5.63. The molecule has 0 saturated heterocycles. The highest BCUT2D eigenvalue weighted by Gasteiger charge is 2.17. The van der Waals surface area contributed by atoms with Crippen LogP contribution in [0.2, 0.25) is 0 Å². The Balaban J connectivity index is 0.000000217. The lowest BCUT2D eigenvalue weighted by molar-refractivity contribution is -0.0391. The van der Waals surface area contributed by atoms with Gasteiger partial charge in [-0.1, -0.05) is 74.5 Å². The minimum atomic E-state index is -3.52. The minimum absolute atomic E-state index is 0.219.